The number of aromatic nitrogens is 2. The fraction of sp³-hybridized carbons (Fsp3) is 0.0909. The predicted molar refractivity (Wildman–Crippen MR) is 70.2 cm³/mol. The summed E-state index contributed by atoms with van der Waals surface area (Å²) in [5, 5.41) is 0. The van der Waals surface area contributed by atoms with Crippen molar-refractivity contribution in [2.75, 3.05) is 0 Å². The Bertz CT molecular complexity index is 632. The molecule has 2 aromatic rings. The van der Waals surface area contributed by atoms with Crippen molar-refractivity contribution in [1.29, 1.82) is 0 Å². The number of halogens is 1. The zero-order valence-electron chi connectivity index (χ0n) is 9.25. The van der Waals surface area contributed by atoms with Crippen LogP contribution in [0, 0.1) is 0 Å². The third-order valence-corrected chi connectivity index (χ3v) is 4.09. The minimum atomic E-state index is -3.52. The standard InChI is InChI=1S/C11H10BrN3O2S/c12-9-2-1-3-11(6-9)18(16,17)15-7-10-4-5-13-8-14-10/h1-6,8,15H,7H2. The molecule has 0 atom stereocenters. The van der Waals surface area contributed by atoms with Gasteiger partial charge in [0.25, 0.3) is 0 Å². The fourth-order valence-corrected chi connectivity index (χ4v) is 2.90. The van der Waals surface area contributed by atoms with Crippen LogP contribution in [0.1, 0.15) is 5.69 Å². The Hall–Kier alpha value is -1.31. The number of hydrogen-bond acceptors (Lipinski definition) is 4. The molecule has 0 bridgehead atoms. The van der Waals surface area contributed by atoms with E-state index in [1.54, 1.807) is 30.5 Å². The smallest absolute Gasteiger partial charge is 0.240 e. The SMILES string of the molecule is O=S(=O)(NCc1ccncn1)c1cccc(Br)c1. The zero-order valence-corrected chi connectivity index (χ0v) is 11.6. The molecule has 1 N–H and O–H groups in total. The van der Waals surface area contributed by atoms with Crippen LogP contribution in [-0.2, 0) is 16.6 Å². The molecular weight excluding hydrogens is 318 g/mol. The van der Waals surface area contributed by atoms with E-state index < -0.39 is 10.0 Å². The highest BCUT2D eigenvalue weighted by Gasteiger charge is 2.13. The molecule has 1 aromatic heterocycles. The Morgan fingerprint density at radius 2 is 2.11 bits per heavy atom. The summed E-state index contributed by atoms with van der Waals surface area (Å²) in [6, 6.07) is 8.17. The molecule has 2 rings (SSSR count). The quantitative estimate of drug-likeness (QED) is 0.928. The van der Waals surface area contributed by atoms with Crippen molar-refractivity contribution < 1.29 is 8.42 Å². The van der Waals surface area contributed by atoms with E-state index in [9.17, 15) is 8.42 Å². The van der Waals surface area contributed by atoms with Crippen molar-refractivity contribution in [3.05, 3.63) is 53.0 Å². The number of sulfonamides is 1. The summed E-state index contributed by atoms with van der Waals surface area (Å²) in [5.41, 5.74) is 0.614. The molecule has 1 heterocycles. The maximum absolute atomic E-state index is 12.0. The van der Waals surface area contributed by atoms with E-state index in [0.717, 1.165) is 0 Å². The first-order valence-corrected chi connectivity index (χ1v) is 7.36. The topological polar surface area (TPSA) is 72.0 Å². The van der Waals surface area contributed by atoms with Crippen molar-refractivity contribution >= 4 is 26.0 Å². The van der Waals surface area contributed by atoms with Gasteiger partial charge in [-0.05, 0) is 24.3 Å². The molecule has 94 valence electrons. The monoisotopic (exact) mass is 327 g/mol. The van der Waals surface area contributed by atoms with Crippen molar-refractivity contribution in [3.8, 4) is 0 Å². The minimum absolute atomic E-state index is 0.136. The molecule has 0 aliphatic heterocycles. The molecule has 0 amide bonds. The summed E-state index contributed by atoms with van der Waals surface area (Å²) in [6.07, 6.45) is 2.94. The first-order chi connectivity index (χ1) is 8.58. The van der Waals surface area contributed by atoms with E-state index in [-0.39, 0.29) is 11.4 Å². The molecule has 18 heavy (non-hydrogen) atoms. The second-order valence-electron chi connectivity index (χ2n) is 3.48. The van der Waals surface area contributed by atoms with Gasteiger partial charge < -0.3 is 0 Å². The van der Waals surface area contributed by atoms with Crippen molar-refractivity contribution in [2.45, 2.75) is 11.4 Å². The molecule has 0 unspecified atom stereocenters. The van der Waals surface area contributed by atoms with Gasteiger partial charge in [-0.15, -0.1) is 0 Å². The normalized spacial score (nSPS) is 11.4. The molecular formula is C11H10BrN3O2S. The second kappa shape index (κ2) is 5.55. The fourth-order valence-electron chi connectivity index (χ4n) is 1.31. The van der Waals surface area contributed by atoms with Crippen LogP contribution in [0.5, 0.6) is 0 Å². The largest absolute Gasteiger partial charge is 0.245 e. The van der Waals surface area contributed by atoms with Gasteiger partial charge in [-0.2, -0.15) is 0 Å². The summed E-state index contributed by atoms with van der Waals surface area (Å²) in [7, 11) is -3.52. The van der Waals surface area contributed by atoms with Gasteiger partial charge >= 0.3 is 0 Å². The van der Waals surface area contributed by atoms with Crippen LogP contribution in [0.4, 0.5) is 0 Å². The van der Waals surface area contributed by atoms with Gasteiger partial charge in [0.1, 0.15) is 6.33 Å². The Morgan fingerprint density at radius 1 is 1.28 bits per heavy atom. The Labute approximate surface area is 113 Å². The van der Waals surface area contributed by atoms with Gasteiger partial charge in [-0.25, -0.2) is 23.1 Å². The average molecular weight is 328 g/mol. The van der Waals surface area contributed by atoms with Crippen molar-refractivity contribution in [1.82, 2.24) is 14.7 Å². The van der Waals surface area contributed by atoms with Gasteiger partial charge in [0.15, 0.2) is 0 Å². The summed E-state index contributed by atoms with van der Waals surface area (Å²) in [4.78, 5) is 7.92. The molecule has 0 spiro atoms. The van der Waals surface area contributed by atoms with E-state index in [1.807, 2.05) is 0 Å². The van der Waals surface area contributed by atoms with E-state index in [4.69, 9.17) is 0 Å². The van der Waals surface area contributed by atoms with Gasteiger partial charge in [0, 0.05) is 10.7 Å². The highest BCUT2D eigenvalue weighted by atomic mass is 79.9. The van der Waals surface area contributed by atoms with Crippen molar-refractivity contribution in [3.63, 3.8) is 0 Å². The van der Waals surface area contributed by atoms with Crippen LogP contribution >= 0.6 is 15.9 Å². The minimum Gasteiger partial charge on any atom is -0.245 e. The first-order valence-electron chi connectivity index (χ1n) is 5.08. The highest BCUT2D eigenvalue weighted by molar-refractivity contribution is 9.10. The van der Waals surface area contributed by atoms with E-state index >= 15 is 0 Å². The van der Waals surface area contributed by atoms with E-state index in [2.05, 4.69) is 30.6 Å². The third-order valence-electron chi connectivity index (χ3n) is 2.19. The predicted octanol–water partition coefficient (Wildman–Crippen LogP) is 1.72. The molecule has 0 aliphatic rings. The summed E-state index contributed by atoms with van der Waals surface area (Å²) in [5.74, 6) is 0. The molecule has 7 heteroatoms. The van der Waals surface area contributed by atoms with E-state index in [1.165, 1.54) is 12.4 Å². The summed E-state index contributed by atoms with van der Waals surface area (Å²) < 4.78 is 27.2. The Morgan fingerprint density at radius 3 is 2.78 bits per heavy atom. The summed E-state index contributed by atoms with van der Waals surface area (Å²) in [6.45, 7) is 0.136. The average Bonchev–Trinajstić information content (AvgIpc) is 2.38. The Kier molecular flexibility index (Phi) is 4.05. The highest BCUT2D eigenvalue weighted by Crippen LogP contribution is 2.15. The van der Waals surface area contributed by atoms with Crippen LogP contribution in [0.2, 0.25) is 0 Å². The van der Waals surface area contributed by atoms with Gasteiger partial charge in [-0.3, -0.25) is 0 Å². The number of nitrogens with zero attached hydrogens (tertiary/aromatic N) is 2. The van der Waals surface area contributed by atoms with Crippen LogP contribution in [-0.4, -0.2) is 18.4 Å². The Balaban J connectivity index is 2.13. The van der Waals surface area contributed by atoms with E-state index in [0.29, 0.717) is 10.2 Å². The lowest BCUT2D eigenvalue weighted by Crippen LogP contribution is -2.23. The van der Waals surface area contributed by atoms with Crippen molar-refractivity contribution in [2.24, 2.45) is 0 Å². The van der Waals surface area contributed by atoms with Gasteiger partial charge in [0.05, 0.1) is 17.1 Å². The van der Waals surface area contributed by atoms with Gasteiger partial charge in [0.2, 0.25) is 10.0 Å². The first kappa shape index (κ1) is 13.1. The maximum Gasteiger partial charge on any atom is 0.240 e. The van der Waals surface area contributed by atoms with Crippen LogP contribution in [0.3, 0.4) is 0 Å². The zero-order chi connectivity index (χ0) is 13.0. The van der Waals surface area contributed by atoms with Crippen LogP contribution in [0.15, 0.2) is 52.2 Å². The van der Waals surface area contributed by atoms with Crippen LogP contribution < -0.4 is 4.72 Å². The van der Waals surface area contributed by atoms with Gasteiger partial charge in [-0.1, -0.05) is 22.0 Å². The molecule has 1 aromatic carbocycles. The summed E-state index contributed by atoms with van der Waals surface area (Å²) >= 11 is 3.24. The maximum atomic E-state index is 12.0. The lowest BCUT2D eigenvalue weighted by Gasteiger charge is -2.06. The second-order valence-corrected chi connectivity index (χ2v) is 6.17. The molecule has 0 aliphatic carbocycles. The van der Waals surface area contributed by atoms with Crippen LogP contribution in [0.25, 0.3) is 0 Å². The molecule has 5 nitrogen and oxygen atoms in total. The number of nitrogens with one attached hydrogen (secondary N) is 1. The molecule has 0 fully saturated rings. The lowest BCUT2D eigenvalue weighted by molar-refractivity contribution is 0.580. The molecule has 0 saturated carbocycles. The number of hydrogen-bond donors (Lipinski definition) is 1. The number of rotatable bonds is 4. The number of benzene rings is 1. The molecule has 0 radical (unpaired) electrons. The molecule has 0 saturated heterocycles. The third kappa shape index (κ3) is 3.34. The lowest BCUT2D eigenvalue weighted by atomic mass is 10.4.